The normalized spacial score (nSPS) is 17.7. The van der Waals surface area contributed by atoms with E-state index in [9.17, 15) is 13.2 Å². The van der Waals surface area contributed by atoms with Gasteiger partial charge in [-0.05, 0) is 60.7 Å². The Bertz CT molecular complexity index is 1010. The van der Waals surface area contributed by atoms with Crippen molar-refractivity contribution < 1.29 is 17.9 Å². The molecule has 1 saturated heterocycles. The van der Waals surface area contributed by atoms with Gasteiger partial charge in [0.2, 0.25) is 15.9 Å². The van der Waals surface area contributed by atoms with Crippen LogP contribution < -0.4 is 10.1 Å². The van der Waals surface area contributed by atoms with Gasteiger partial charge in [0.05, 0.1) is 13.0 Å². The molecule has 0 spiro atoms. The molecule has 0 unspecified atom stereocenters. The van der Waals surface area contributed by atoms with E-state index in [4.69, 9.17) is 4.74 Å². The van der Waals surface area contributed by atoms with Gasteiger partial charge in [-0.3, -0.25) is 4.79 Å². The largest absolute Gasteiger partial charge is 0.495 e. The number of nitrogens with one attached hydrogen (secondary N) is 1. The highest BCUT2D eigenvalue weighted by molar-refractivity contribution is 9.10. The van der Waals surface area contributed by atoms with Gasteiger partial charge in [-0.15, -0.1) is 0 Å². The topological polar surface area (TPSA) is 75.7 Å². The highest BCUT2D eigenvalue weighted by Gasteiger charge is 2.35. The molecule has 1 aliphatic rings. The van der Waals surface area contributed by atoms with Crippen LogP contribution in [0.15, 0.2) is 51.8 Å². The Kier molecular flexibility index (Phi) is 7.21. The van der Waals surface area contributed by atoms with E-state index in [-0.39, 0.29) is 23.3 Å². The van der Waals surface area contributed by atoms with E-state index in [2.05, 4.69) is 21.2 Å². The number of halogens is 1. The Hall–Kier alpha value is -1.90. The molecule has 0 aliphatic carbocycles. The van der Waals surface area contributed by atoms with Gasteiger partial charge in [-0.1, -0.05) is 35.8 Å². The Balaban J connectivity index is 1.81. The first kappa shape index (κ1) is 22.8. The molecule has 1 atom stereocenters. The van der Waals surface area contributed by atoms with E-state index in [0.29, 0.717) is 30.8 Å². The zero-order valence-electron chi connectivity index (χ0n) is 17.4. The lowest BCUT2D eigenvalue weighted by atomic mass is 9.99. The summed E-state index contributed by atoms with van der Waals surface area (Å²) in [6, 6.07) is 12.6. The van der Waals surface area contributed by atoms with Crippen molar-refractivity contribution in [2.24, 2.45) is 5.92 Å². The van der Waals surface area contributed by atoms with Crippen molar-refractivity contribution in [3.8, 4) is 5.75 Å². The SMILES string of the molecule is COc1ccc(C(C)C)cc1S(=O)(=O)N1CCC[C@@H](C(=O)Nc2ccc(Br)cc2)C1. The number of methoxy groups -OCH3 is 1. The zero-order chi connectivity index (χ0) is 21.9. The van der Waals surface area contributed by atoms with Crippen LogP contribution in [-0.4, -0.2) is 38.8 Å². The molecule has 30 heavy (non-hydrogen) atoms. The lowest BCUT2D eigenvalue weighted by Gasteiger charge is -2.31. The molecule has 2 aromatic carbocycles. The molecule has 0 bridgehead atoms. The van der Waals surface area contributed by atoms with Gasteiger partial charge in [0.25, 0.3) is 0 Å². The van der Waals surface area contributed by atoms with E-state index in [0.717, 1.165) is 10.0 Å². The number of amides is 1. The van der Waals surface area contributed by atoms with Gasteiger partial charge in [-0.2, -0.15) is 4.31 Å². The molecule has 1 heterocycles. The highest BCUT2D eigenvalue weighted by Crippen LogP contribution is 2.32. The number of piperidine rings is 1. The Morgan fingerprint density at radius 1 is 1.20 bits per heavy atom. The monoisotopic (exact) mass is 494 g/mol. The summed E-state index contributed by atoms with van der Waals surface area (Å²) in [5.41, 5.74) is 1.62. The molecule has 3 rings (SSSR count). The van der Waals surface area contributed by atoms with Gasteiger partial charge < -0.3 is 10.1 Å². The molecule has 2 aromatic rings. The third-order valence-electron chi connectivity index (χ3n) is 5.34. The fourth-order valence-corrected chi connectivity index (χ4v) is 5.52. The summed E-state index contributed by atoms with van der Waals surface area (Å²) >= 11 is 3.37. The summed E-state index contributed by atoms with van der Waals surface area (Å²) in [4.78, 5) is 12.9. The predicted octanol–water partition coefficient (Wildman–Crippen LogP) is 4.62. The molecule has 1 amide bonds. The van der Waals surface area contributed by atoms with E-state index >= 15 is 0 Å². The standard InChI is InChI=1S/C22H27BrN2O4S/c1-15(2)16-6-11-20(29-3)21(13-16)30(27,28)25-12-4-5-17(14-25)22(26)24-19-9-7-18(23)8-10-19/h6-11,13,15,17H,4-5,12,14H2,1-3H3,(H,24,26)/t17-/m1/s1. The zero-order valence-corrected chi connectivity index (χ0v) is 19.8. The minimum atomic E-state index is -3.78. The lowest BCUT2D eigenvalue weighted by molar-refractivity contribution is -0.120. The first-order valence-corrected chi connectivity index (χ1v) is 12.2. The highest BCUT2D eigenvalue weighted by atomic mass is 79.9. The molecule has 1 N–H and O–H groups in total. The van der Waals surface area contributed by atoms with Gasteiger partial charge in [0.1, 0.15) is 10.6 Å². The fourth-order valence-electron chi connectivity index (χ4n) is 3.55. The van der Waals surface area contributed by atoms with Crippen molar-refractivity contribution in [3.05, 3.63) is 52.5 Å². The third-order valence-corrected chi connectivity index (χ3v) is 7.75. The summed E-state index contributed by atoms with van der Waals surface area (Å²) < 4.78 is 34.5. The minimum absolute atomic E-state index is 0.153. The number of hydrogen-bond donors (Lipinski definition) is 1. The molecule has 162 valence electrons. The van der Waals surface area contributed by atoms with Crippen molar-refractivity contribution in [2.75, 3.05) is 25.5 Å². The van der Waals surface area contributed by atoms with Crippen molar-refractivity contribution in [1.29, 1.82) is 0 Å². The van der Waals surface area contributed by atoms with Crippen LogP contribution >= 0.6 is 15.9 Å². The fraction of sp³-hybridized carbons (Fsp3) is 0.409. The van der Waals surface area contributed by atoms with Crippen LogP contribution in [-0.2, 0) is 14.8 Å². The van der Waals surface area contributed by atoms with Crippen molar-refractivity contribution in [3.63, 3.8) is 0 Å². The summed E-state index contributed by atoms with van der Waals surface area (Å²) in [5, 5.41) is 2.89. The predicted molar refractivity (Wildman–Crippen MR) is 121 cm³/mol. The Morgan fingerprint density at radius 3 is 2.53 bits per heavy atom. The lowest BCUT2D eigenvalue weighted by Crippen LogP contribution is -2.43. The van der Waals surface area contributed by atoms with Gasteiger partial charge >= 0.3 is 0 Å². The molecule has 0 saturated carbocycles. The number of anilines is 1. The average molecular weight is 495 g/mol. The maximum absolute atomic E-state index is 13.4. The van der Waals surface area contributed by atoms with E-state index in [1.165, 1.54) is 11.4 Å². The number of ether oxygens (including phenoxy) is 1. The average Bonchev–Trinajstić information content (AvgIpc) is 2.74. The van der Waals surface area contributed by atoms with Crippen molar-refractivity contribution in [1.82, 2.24) is 4.31 Å². The van der Waals surface area contributed by atoms with Crippen LogP contribution in [0.4, 0.5) is 5.69 Å². The van der Waals surface area contributed by atoms with Crippen LogP contribution in [0.5, 0.6) is 5.75 Å². The number of nitrogens with zero attached hydrogens (tertiary/aromatic N) is 1. The Morgan fingerprint density at radius 2 is 1.90 bits per heavy atom. The van der Waals surface area contributed by atoms with Crippen LogP contribution in [0.2, 0.25) is 0 Å². The maximum atomic E-state index is 13.4. The number of carbonyl (C=O) groups excluding carboxylic acids is 1. The third kappa shape index (κ3) is 5.04. The quantitative estimate of drug-likeness (QED) is 0.635. The summed E-state index contributed by atoms with van der Waals surface area (Å²) in [7, 11) is -2.32. The van der Waals surface area contributed by atoms with Crippen LogP contribution in [0.25, 0.3) is 0 Å². The summed E-state index contributed by atoms with van der Waals surface area (Å²) in [5.74, 6) is -0.0620. The second kappa shape index (κ2) is 9.49. The number of rotatable bonds is 6. The van der Waals surface area contributed by atoms with E-state index < -0.39 is 15.9 Å². The van der Waals surface area contributed by atoms with Crippen LogP contribution in [0.1, 0.15) is 38.2 Å². The number of carbonyl (C=O) groups is 1. The van der Waals surface area contributed by atoms with E-state index in [1.807, 2.05) is 44.2 Å². The minimum Gasteiger partial charge on any atom is -0.495 e. The second-order valence-corrected chi connectivity index (χ2v) is 10.6. The Labute approximate surface area is 186 Å². The molecular weight excluding hydrogens is 468 g/mol. The van der Waals surface area contributed by atoms with Gasteiger partial charge in [-0.25, -0.2) is 8.42 Å². The summed E-state index contributed by atoms with van der Waals surface area (Å²) in [6.07, 6.45) is 1.28. The van der Waals surface area contributed by atoms with Crippen molar-refractivity contribution >= 4 is 37.5 Å². The molecule has 0 radical (unpaired) electrons. The summed E-state index contributed by atoms with van der Waals surface area (Å²) in [6.45, 7) is 4.57. The van der Waals surface area contributed by atoms with E-state index in [1.54, 1.807) is 12.1 Å². The molecule has 6 nitrogen and oxygen atoms in total. The van der Waals surface area contributed by atoms with Crippen LogP contribution in [0.3, 0.4) is 0 Å². The van der Waals surface area contributed by atoms with Gasteiger partial charge in [0, 0.05) is 23.2 Å². The van der Waals surface area contributed by atoms with Crippen LogP contribution in [0, 0.1) is 5.92 Å². The molecular formula is C22H27BrN2O4S. The smallest absolute Gasteiger partial charge is 0.246 e. The van der Waals surface area contributed by atoms with Gasteiger partial charge in [0.15, 0.2) is 0 Å². The molecule has 1 aliphatic heterocycles. The molecule has 0 aromatic heterocycles. The van der Waals surface area contributed by atoms with Crippen molar-refractivity contribution in [2.45, 2.75) is 37.5 Å². The first-order chi connectivity index (χ1) is 14.2. The first-order valence-electron chi connectivity index (χ1n) is 9.97. The number of hydrogen-bond acceptors (Lipinski definition) is 4. The second-order valence-electron chi connectivity index (χ2n) is 7.76. The molecule has 8 heteroatoms. The number of sulfonamides is 1. The molecule has 1 fully saturated rings. The number of benzene rings is 2. The maximum Gasteiger partial charge on any atom is 0.246 e.